The van der Waals surface area contributed by atoms with Gasteiger partial charge < -0.3 is 9.64 Å². The molecule has 1 unspecified atom stereocenters. The van der Waals surface area contributed by atoms with E-state index in [-0.39, 0.29) is 0 Å². The van der Waals surface area contributed by atoms with E-state index in [1.165, 1.54) is 5.56 Å². The summed E-state index contributed by atoms with van der Waals surface area (Å²) < 4.78 is 5.73. The minimum Gasteiger partial charge on any atom is -0.361 e. The number of hydrogen-bond acceptors (Lipinski definition) is 3. The molecular weight excluding hydrogens is 260 g/mol. The van der Waals surface area contributed by atoms with Crippen LogP contribution >= 0.6 is 11.6 Å². The molecule has 0 saturated heterocycles. The summed E-state index contributed by atoms with van der Waals surface area (Å²) in [4.78, 5) is 6.87. The Bertz CT molecular complexity index is 436. The Morgan fingerprint density at radius 2 is 2.26 bits per heavy atom. The summed E-state index contributed by atoms with van der Waals surface area (Å²) in [6.45, 7) is 8.77. The highest BCUT2D eigenvalue weighted by Crippen LogP contribution is 2.41. The molecule has 0 spiro atoms. The Morgan fingerprint density at radius 3 is 2.95 bits per heavy atom. The second kappa shape index (κ2) is 6.58. The highest BCUT2D eigenvalue weighted by molar-refractivity contribution is 6.31. The van der Waals surface area contributed by atoms with Gasteiger partial charge in [0.25, 0.3) is 0 Å². The van der Waals surface area contributed by atoms with Crippen molar-refractivity contribution in [2.45, 2.75) is 46.0 Å². The maximum atomic E-state index is 6.39. The number of pyridine rings is 1. The van der Waals surface area contributed by atoms with E-state index in [2.05, 4.69) is 23.7 Å². The Morgan fingerprint density at radius 1 is 1.47 bits per heavy atom. The fraction of sp³-hybridized carbons (Fsp3) is 0.667. The van der Waals surface area contributed by atoms with Crippen LogP contribution in [0.5, 0.6) is 0 Å². The molecule has 0 bridgehead atoms. The number of unbranched alkanes of at least 4 members (excludes halogenated alkanes) is 1. The number of anilines is 1. The van der Waals surface area contributed by atoms with Crippen LogP contribution in [-0.4, -0.2) is 24.9 Å². The molecule has 1 aromatic rings. The lowest BCUT2D eigenvalue weighted by Crippen LogP contribution is -2.26. The first-order chi connectivity index (χ1) is 9.17. The minimum atomic E-state index is 0.477. The van der Waals surface area contributed by atoms with Gasteiger partial charge in [-0.2, -0.15) is 0 Å². The predicted molar refractivity (Wildman–Crippen MR) is 80.1 cm³/mol. The van der Waals surface area contributed by atoms with Gasteiger partial charge in [0.1, 0.15) is 12.5 Å². The number of nitrogens with zero attached hydrogens (tertiary/aromatic N) is 2. The topological polar surface area (TPSA) is 25.4 Å². The average Bonchev–Trinajstić information content (AvgIpc) is 2.73. The Balaban J connectivity index is 2.13. The number of aromatic nitrogens is 1. The van der Waals surface area contributed by atoms with Crippen molar-refractivity contribution in [1.82, 2.24) is 4.98 Å². The largest absolute Gasteiger partial charge is 0.361 e. The lowest BCUT2D eigenvalue weighted by atomic mass is 10.0. The zero-order valence-electron chi connectivity index (χ0n) is 12.1. The maximum Gasteiger partial charge on any atom is 0.135 e. The predicted octanol–water partition coefficient (Wildman–Crippen LogP) is 4.13. The fourth-order valence-electron chi connectivity index (χ4n) is 2.56. The van der Waals surface area contributed by atoms with Crippen molar-refractivity contribution in [3.05, 3.63) is 22.3 Å². The first-order valence-corrected chi connectivity index (χ1v) is 7.54. The van der Waals surface area contributed by atoms with Crippen LogP contribution in [0.1, 0.15) is 50.3 Å². The van der Waals surface area contributed by atoms with Gasteiger partial charge in [-0.15, -0.1) is 0 Å². The van der Waals surface area contributed by atoms with E-state index in [0.29, 0.717) is 12.6 Å². The lowest BCUT2D eigenvalue weighted by molar-refractivity contribution is 0.131. The number of rotatable bonds is 6. The molecule has 0 radical (unpaired) electrons. The highest BCUT2D eigenvalue weighted by Gasteiger charge is 2.31. The van der Waals surface area contributed by atoms with Crippen molar-refractivity contribution in [3.8, 4) is 0 Å². The molecular formula is C15H23ClN2O. The van der Waals surface area contributed by atoms with Crippen molar-refractivity contribution in [1.29, 1.82) is 0 Å². The monoisotopic (exact) mass is 282 g/mol. The molecule has 2 heterocycles. The van der Waals surface area contributed by atoms with Gasteiger partial charge in [0, 0.05) is 35.3 Å². The van der Waals surface area contributed by atoms with Crippen molar-refractivity contribution < 1.29 is 4.74 Å². The molecule has 0 fully saturated rings. The van der Waals surface area contributed by atoms with Gasteiger partial charge in [0.15, 0.2) is 0 Å². The molecule has 2 rings (SSSR count). The van der Waals surface area contributed by atoms with Crippen LogP contribution in [0.2, 0.25) is 5.02 Å². The second-order valence-electron chi connectivity index (χ2n) is 5.20. The summed E-state index contributed by atoms with van der Waals surface area (Å²) in [5.74, 6) is 1.50. The molecule has 1 aromatic heterocycles. The van der Waals surface area contributed by atoms with Crippen LogP contribution in [0, 0.1) is 6.92 Å². The molecule has 19 heavy (non-hydrogen) atoms. The van der Waals surface area contributed by atoms with Gasteiger partial charge in [-0.25, -0.2) is 4.98 Å². The number of fused-ring (bicyclic) bond motifs is 1. The molecule has 1 atom stereocenters. The Kier molecular flexibility index (Phi) is 5.06. The molecule has 0 aliphatic carbocycles. The zero-order chi connectivity index (χ0) is 13.8. The van der Waals surface area contributed by atoms with Crippen LogP contribution in [0.4, 0.5) is 5.82 Å². The first kappa shape index (κ1) is 14.6. The summed E-state index contributed by atoms with van der Waals surface area (Å²) in [7, 11) is 0. The standard InChI is InChI=1S/C15H23ClN2O/c1-4-6-7-19-10-18-9-12(5-2)14-13(16)8-11(3)17-15(14)18/h8,12H,4-7,9-10H2,1-3H3. The SMILES string of the molecule is CCCCOCN1CC(CC)c2c(Cl)cc(C)nc21. The number of halogens is 1. The summed E-state index contributed by atoms with van der Waals surface area (Å²) in [6, 6.07) is 1.96. The smallest absolute Gasteiger partial charge is 0.135 e. The molecule has 1 aliphatic heterocycles. The van der Waals surface area contributed by atoms with Gasteiger partial charge in [-0.05, 0) is 25.8 Å². The third-order valence-electron chi connectivity index (χ3n) is 3.65. The summed E-state index contributed by atoms with van der Waals surface area (Å²) in [5, 5.41) is 0.852. The molecule has 0 saturated carbocycles. The third kappa shape index (κ3) is 3.21. The zero-order valence-corrected chi connectivity index (χ0v) is 12.8. The molecule has 3 nitrogen and oxygen atoms in total. The van der Waals surface area contributed by atoms with Crippen LogP contribution in [0.3, 0.4) is 0 Å². The van der Waals surface area contributed by atoms with Crippen molar-refractivity contribution in [3.63, 3.8) is 0 Å². The Hall–Kier alpha value is -0.800. The molecule has 0 aromatic carbocycles. The van der Waals surface area contributed by atoms with Crippen molar-refractivity contribution >= 4 is 17.4 Å². The fourth-order valence-corrected chi connectivity index (χ4v) is 2.95. The van der Waals surface area contributed by atoms with E-state index >= 15 is 0 Å². The molecule has 1 aliphatic rings. The lowest BCUT2D eigenvalue weighted by Gasteiger charge is -2.19. The third-order valence-corrected chi connectivity index (χ3v) is 3.96. The van der Waals surface area contributed by atoms with E-state index in [9.17, 15) is 0 Å². The number of aryl methyl sites for hydroxylation is 1. The van der Waals surface area contributed by atoms with E-state index in [1.54, 1.807) is 0 Å². The van der Waals surface area contributed by atoms with E-state index in [0.717, 1.165) is 48.9 Å². The highest BCUT2D eigenvalue weighted by atomic mass is 35.5. The molecule has 0 amide bonds. The molecule has 0 N–H and O–H groups in total. The maximum absolute atomic E-state index is 6.39. The van der Waals surface area contributed by atoms with E-state index < -0.39 is 0 Å². The Labute approximate surface area is 120 Å². The van der Waals surface area contributed by atoms with Crippen molar-refractivity contribution in [2.75, 3.05) is 24.8 Å². The van der Waals surface area contributed by atoms with E-state index in [1.807, 2.05) is 13.0 Å². The van der Waals surface area contributed by atoms with Crippen LogP contribution in [-0.2, 0) is 4.74 Å². The second-order valence-corrected chi connectivity index (χ2v) is 5.61. The van der Waals surface area contributed by atoms with Crippen molar-refractivity contribution in [2.24, 2.45) is 0 Å². The minimum absolute atomic E-state index is 0.477. The van der Waals surface area contributed by atoms with E-state index in [4.69, 9.17) is 16.3 Å². The summed E-state index contributed by atoms with van der Waals surface area (Å²) in [5.41, 5.74) is 2.17. The van der Waals surface area contributed by atoms with Gasteiger partial charge >= 0.3 is 0 Å². The van der Waals surface area contributed by atoms with Crippen LogP contribution in [0.15, 0.2) is 6.07 Å². The molecule has 106 valence electrons. The van der Waals surface area contributed by atoms with Gasteiger partial charge in [-0.1, -0.05) is 31.9 Å². The van der Waals surface area contributed by atoms with Crippen LogP contribution in [0.25, 0.3) is 0 Å². The number of ether oxygens (including phenoxy) is 1. The summed E-state index contributed by atoms with van der Waals surface area (Å²) >= 11 is 6.39. The van der Waals surface area contributed by atoms with Gasteiger partial charge in [-0.3, -0.25) is 0 Å². The summed E-state index contributed by atoms with van der Waals surface area (Å²) in [6.07, 6.45) is 3.36. The average molecular weight is 283 g/mol. The normalized spacial score (nSPS) is 17.9. The first-order valence-electron chi connectivity index (χ1n) is 7.17. The van der Waals surface area contributed by atoms with Crippen LogP contribution < -0.4 is 4.90 Å². The van der Waals surface area contributed by atoms with Gasteiger partial charge in [0.2, 0.25) is 0 Å². The molecule has 4 heteroatoms. The van der Waals surface area contributed by atoms with Gasteiger partial charge in [0.05, 0.1) is 0 Å². The number of hydrogen-bond donors (Lipinski definition) is 0. The quantitative estimate of drug-likeness (QED) is 0.734.